The van der Waals surface area contributed by atoms with Crippen LogP contribution in [0.1, 0.15) is 11.1 Å². The number of rotatable bonds is 5. The summed E-state index contributed by atoms with van der Waals surface area (Å²) < 4.78 is 5.22. The summed E-state index contributed by atoms with van der Waals surface area (Å²) in [7, 11) is 1.59. The number of benzene rings is 2. The van der Waals surface area contributed by atoms with Gasteiger partial charge in [-0.15, -0.1) is 0 Å². The molecule has 0 saturated heterocycles. The summed E-state index contributed by atoms with van der Waals surface area (Å²) in [5.41, 5.74) is 2.37. The van der Waals surface area contributed by atoms with Crippen molar-refractivity contribution in [2.75, 3.05) is 12.4 Å². The molecule has 0 atom stereocenters. The van der Waals surface area contributed by atoms with E-state index < -0.39 is 0 Å². The Morgan fingerprint density at radius 3 is 2.50 bits per heavy atom. The molecule has 0 aromatic heterocycles. The van der Waals surface area contributed by atoms with Crippen molar-refractivity contribution < 1.29 is 14.6 Å². The second-order valence-corrected chi connectivity index (χ2v) is 4.39. The molecule has 0 bridgehead atoms. The second-order valence-electron chi connectivity index (χ2n) is 4.39. The number of para-hydroxylation sites is 1. The van der Waals surface area contributed by atoms with Gasteiger partial charge < -0.3 is 15.2 Å². The maximum absolute atomic E-state index is 12.0. The third-order valence-corrected chi connectivity index (χ3v) is 2.96. The summed E-state index contributed by atoms with van der Waals surface area (Å²) in [4.78, 5) is 12.0. The fraction of sp³-hybridized carbons (Fsp3) is 0.188. The number of carbonyl (C=O) groups excluding carboxylic acids is 1. The van der Waals surface area contributed by atoms with E-state index in [-0.39, 0.29) is 18.9 Å². The van der Waals surface area contributed by atoms with Gasteiger partial charge in [0.15, 0.2) is 0 Å². The van der Waals surface area contributed by atoms with Crippen LogP contribution in [-0.4, -0.2) is 18.1 Å². The molecule has 4 nitrogen and oxygen atoms in total. The highest BCUT2D eigenvalue weighted by Crippen LogP contribution is 2.18. The maximum Gasteiger partial charge on any atom is 0.228 e. The lowest BCUT2D eigenvalue weighted by Gasteiger charge is -2.09. The number of hydrogen-bond donors (Lipinski definition) is 2. The molecule has 4 heteroatoms. The van der Waals surface area contributed by atoms with Gasteiger partial charge in [-0.3, -0.25) is 4.79 Å². The van der Waals surface area contributed by atoms with Crippen molar-refractivity contribution in [3.8, 4) is 5.75 Å². The Morgan fingerprint density at radius 1 is 1.15 bits per heavy atom. The molecule has 0 radical (unpaired) electrons. The van der Waals surface area contributed by atoms with Gasteiger partial charge in [0.05, 0.1) is 20.1 Å². The number of amides is 1. The number of anilines is 1. The Morgan fingerprint density at radius 2 is 1.85 bits per heavy atom. The summed E-state index contributed by atoms with van der Waals surface area (Å²) in [5.74, 6) is 0.601. The van der Waals surface area contributed by atoms with Crippen molar-refractivity contribution in [3.05, 3.63) is 59.7 Å². The van der Waals surface area contributed by atoms with Gasteiger partial charge in [0.25, 0.3) is 0 Å². The zero-order valence-corrected chi connectivity index (χ0v) is 11.3. The molecule has 0 fully saturated rings. The first-order valence-electron chi connectivity index (χ1n) is 6.34. The van der Waals surface area contributed by atoms with Crippen molar-refractivity contribution in [1.82, 2.24) is 0 Å². The van der Waals surface area contributed by atoms with E-state index in [1.807, 2.05) is 24.3 Å². The average Bonchev–Trinajstić information content (AvgIpc) is 2.48. The molecule has 0 aliphatic rings. The highest BCUT2D eigenvalue weighted by atomic mass is 16.5. The van der Waals surface area contributed by atoms with Gasteiger partial charge >= 0.3 is 0 Å². The molecule has 0 heterocycles. The third-order valence-electron chi connectivity index (χ3n) is 2.96. The molecule has 2 aromatic rings. The lowest BCUT2D eigenvalue weighted by Crippen LogP contribution is -2.14. The van der Waals surface area contributed by atoms with Crippen LogP contribution in [0.4, 0.5) is 5.69 Å². The first-order valence-corrected chi connectivity index (χ1v) is 6.34. The number of aliphatic hydroxyl groups is 1. The van der Waals surface area contributed by atoms with E-state index in [0.717, 1.165) is 11.1 Å². The number of nitrogens with one attached hydrogen (secondary N) is 1. The molecule has 2 aromatic carbocycles. The van der Waals surface area contributed by atoms with Gasteiger partial charge in [-0.25, -0.2) is 0 Å². The Labute approximate surface area is 118 Å². The zero-order valence-electron chi connectivity index (χ0n) is 11.3. The molecular formula is C16H17NO3. The van der Waals surface area contributed by atoms with Crippen molar-refractivity contribution in [2.24, 2.45) is 0 Å². The SMILES string of the molecule is COc1ccccc1CC(=O)Nc1ccc(CO)cc1. The standard InChI is InChI=1S/C16H17NO3/c1-20-15-5-3-2-4-13(15)10-16(19)17-14-8-6-12(11-18)7-9-14/h2-9,18H,10-11H2,1H3,(H,17,19). The quantitative estimate of drug-likeness (QED) is 0.877. The summed E-state index contributed by atoms with van der Waals surface area (Å²) in [6.07, 6.45) is 0.256. The van der Waals surface area contributed by atoms with Crippen molar-refractivity contribution in [2.45, 2.75) is 13.0 Å². The van der Waals surface area contributed by atoms with E-state index in [4.69, 9.17) is 9.84 Å². The number of aliphatic hydroxyl groups excluding tert-OH is 1. The molecular weight excluding hydrogens is 254 g/mol. The predicted molar refractivity (Wildman–Crippen MR) is 77.7 cm³/mol. The van der Waals surface area contributed by atoms with Crippen LogP contribution in [0.3, 0.4) is 0 Å². The van der Waals surface area contributed by atoms with E-state index in [0.29, 0.717) is 11.4 Å². The predicted octanol–water partition coefficient (Wildman–Crippen LogP) is 2.37. The van der Waals surface area contributed by atoms with Crippen LogP contribution >= 0.6 is 0 Å². The minimum atomic E-state index is -0.105. The molecule has 0 unspecified atom stereocenters. The van der Waals surface area contributed by atoms with Gasteiger partial charge in [-0.2, -0.15) is 0 Å². The van der Waals surface area contributed by atoms with Crippen molar-refractivity contribution in [1.29, 1.82) is 0 Å². The Bertz CT molecular complexity index is 579. The smallest absolute Gasteiger partial charge is 0.228 e. The van der Waals surface area contributed by atoms with Gasteiger partial charge in [0.2, 0.25) is 5.91 Å². The average molecular weight is 271 g/mol. The summed E-state index contributed by atoms with van der Waals surface area (Å²) in [6, 6.07) is 14.5. The van der Waals surface area contributed by atoms with E-state index in [9.17, 15) is 4.79 Å². The molecule has 0 aliphatic carbocycles. The topological polar surface area (TPSA) is 58.6 Å². The van der Waals surface area contributed by atoms with Crippen LogP contribution in [-0.2, 0) is 17.8 Å². The Balaban J connectivity index is 2.01. The van der Waals surface area contributed by atoms with Crippen LogP contribution < -0.4 is 10.1 Å². The van der Waals surface area contributed by atoms with Gasteiger partial charge in [-0.1, -0.05) is 30.3 Å². The molecule has 0 spiro atoms. The lowest BCUT2D eigenvalue weighted by molar-refractivity contribution is -0.115. The minimum absolute atomic E-state index is 0.00452. The fourth-order valence-electron chi connectivity index (χ4n) is 1.92. The third kappa shape index (κ3) is 3.59. The van der Waals surface area contributed by atoms with Crippen LogP contribution in [0.2, 0.25) is 0 Å². The Hall–Kier alpha value is -2.33. The van der Waals surface area contributed by atoms with Crippen molar-refractivity contribution in [3.63, 3.8) is 0 Å². The maximum atomic E-state index is 12.0. The first-order chi connectivity index (χ1) is 9.72. The minimum Gasteiger partial charge on any atom is -0.496 e. The second kappa shape index (κ2) is 6.73. The lowest BCUT2D eigenvalue weighted by atomic mass is 10.1. The monoisotopic (exact) mass is 271 g/mol. The number of ether oxygens (including phenoxy) is 1. The van der Waals surface area contributed by atoms with E-state index in [1.165, 1.54) is 0 Å². The van der Waals surface area contributed by atoms with Crippen molar-refractivity contribution >= 4 is 11.6 Å². The summed E-state index contributed by atoms with van der Waals surface area (Å²) in [6.45, 7) is -0.00452. The molecule has 2 N–H and O–H groups in total. The van der Waals surface area contributed by atoms with E-state index >= 15 is 0 Å². The van der Waals surface area contributed by atoms with Crippen LogP contribution in [0.15, 0.2) is 48.5 Å². The Kier molecular flexibility index (Phi) is 4.74. The molecule has 2 rings (SSSR count). The van der Waals surface area contributed by atoms with Gasteiger partial charge in [0, 0.05) is 11.3 Å². The number of methoxy groups -OCH3 is 1. The first kappa shape index (κ1) is 14.1. The highest BCUT2D eigenvalue weighted by Gasteiger charge is 2.08. The van der Waals surface area contributed by atoms with Crippen LogP contribution in [0.25, 0.3) is 0 Å². The zero-order chi connectivity index (χ0) is 14.4. The van der Waals surface area contributed by atoms with Crippen LogP contribution in [0.5, 0.6) is 5.75 Å². The fourth-order valence-corrected chi connectivity index (χ4v) is 1.92. The van der Waals surface area contributed by atoms with Gasteiger partial charge in [-0.05, 0) is 23.8 Å². The molecule has 0 aliphatic heterocycles. The summed E-state index contributed by atoms with van der Waals surface area (Å²) >= 11 is 0. The normalized spacial score (nSPS) is 10.1. The largest absolute Gasteiger partial charge is 0.496 e. The molecule has 1 amide bonds. The van der Waals surface area contributed by atoms with Gasteiger partial charge in [0.1, 0.15) is 5.75 Å². The highest BCUT2D eigenvalue weighted by molar-refractivity contribution is 5.92. The molecule has 104 valence electrons. The van der Waals surface area contributed by atoms with E-state index in [2.05, 4.69) is 5.32 Å². The summed E-state index contributed by atoms with van der Waals surface area (Å²) in [5, 5.41) is 11.8. The van der Waals surface area contributed by atoms with E-state index in [1.54, 1.807) is 31.4 Å². The van der Waals surface area contributed by atoms with Crippen LogP contribution in [0, 0.1) is 0 Å². The molecule has 0 saturated carbocycles. The molecule has 20 heavy (non-hydrogen) atoms. The number of carbonyl (C=O) groups is 1. The number of hydrogen-bond acceptors (Lipinski definition) is 3.